The highest BCUT2D eigenvalue weighted by Gasteiger charge is 2.07. The van der Waals surface area contributed by atoms with E-state index in [1.165, 1.54) is 11.1 Å². The first kappa shape index (κ1) is 11.6. The summed E-state index contributed by atoms with van der Waals surface area (Å²) in [6, 6.07) is 10.5. The smallest absolute Gasteiger partial charge is 0.0158 e. The first-order chi connectivity index (χ1) is 7.24. The fraction of sp³-hybridized carbons (Fsp3) is 0.333. The summed E-state index contributed by atoms with van der Waals surface area (Å²) < 4.78 is 0. The Kier molecular flexibility index (Phi) is 4.71. The zero-order valence-electron chi connectivity index (χ0n) is 9.53. The fourth-order valence-electron chi connectivity index (χ4n) is 1.58. The lowest BCUT2D eigenvalue weighted by Crippen LogP contribution is -1.96. The van der Waals surface area contributed by atoms with Crippen molar-refractivity contribution in [1.29, 1.82) is 0 Å². The summed E-state index contributed by atoms with van der Waals surface area (Å²) >= 11 is 0. The Morgan fingerprint density at radius 3 is 2.53 bits per heavy atom. The Morgan fingerprint density at radius 2 is 2.00 bits per heavy atom. The van der Waals surface area contributed by atoms with Gasteiger partial charge >= 0.3 is 0 Å². The van der Waals surface area contributed by atoms with E-state index in [0.717, 1.165) is 12.8 Å². The first-order valence-corrected chi connectivity index (χ1v) is 5.36. The van der Waals surface area contributed by atoms with Gasteiger partial charge in [-0.2, -0.15) is 0 Å². The van der Waals surface area contributed by atoms with E-state index in [1.807, 2.05) is 6.07 Å². The van der Waals surface area contributed by atoms with Crippen LogP contribution in [0.5, 0.6) is 0 Å². The minimum Gasteiger partial charge on any atom is -0.120 e. The van der Waals surface area contributed by atoms with Gasteiger partial charge in [-0.3, -0.25) is 0 Å². The highest BCUT2D eigenvalue weighted by Crippen LogP contribution is 2.23. The molecule has 15 heavy (non-hydrogen) atoms. The summed E-state index contributed by atoms with van der Waals surface area (Å²) in [5, 5.41) is 0. The van der Waals surface area contributed by atoms with E-state index >= 15 is 0 Å². The van der Waals surface area contributed by atoms with Crippen LogP contribution in [-0.4, -0.2) is 0 Å². The number of allylic oxidation sites excluding steroid dienone is 2. The van der Waals surface area contributed by atoms with Gasteiger partial charge in [0.15, 0.2) is 0 Å². The van der Waals surface area contributed by atoms with Gasteiger partial charge in [-0.05, 0) is 31.7 Å². The SMILES string of the molecule is C#CCC(CC=C(C)C)c1ccccc1. The Balaban J connectivity index is 2.75. The highest BCUT2D eigenvalue weighted by atomic mass is 14.1. The monoisotopic (exact) mass is 198 g/mol. The predicted octanol–water partition coefficient (Wildman–Crippen LogP) is 4.15. The second kappa shape index (κ2) is 6.09. The van der Waals surface area contributed by atoms with Crippen LogP contribution < -0.4 is 0 Å². The molecule has 1 aromatic carbocycles. The van der Waals surface area contributed by atoms with E-state index in [9.17, 15) is 0 Å². The minimum absolute atomic E-state index is 0.464. The van der Waals surface area contributed by atoms with Gasteiger partial charge in [-0.15, -0.1) is 12.3 Å². The molecule has 0 saturated heterocycles. The Hall–Kier alpha value is -1.48. The Bertz CT molecular complexity index is 347. The zero-order valence-corrected chi connectivity index (χ0v) is 9.53. The van der Waals surface area contributed by atoms with Gasteiger partial charge in [0, 0.05) is 6.42 Å². The van der Waals surface area contributed by atoms with Gasteiger partial charge in [-0.25, -0.2) is 0 Å². The molecule has 0 radical (unpaired) electrons. The molecule has 78 valence electrons. The summed E-state index contributed by atoms with van der Waals surface area (Å²) in [6.07, 6.45) is 9.51. The summed E-state index contributed by atoms with van der Waals surface area (Å²) in [7, 11) is 0. The predicted molar refractivity (Wildman–Crippen MR) is 66.7 cm³/mol. The molecule has 0 heteroatoms. The van der Waals surface area contributed by atoms with Crippen LogP contribution in [0, 0.1) is 12.3 Å². The minimum atomic E-state index is 0.464. The average Bonchev–Trinajstić information content (AvgIpc) is 2.25. The molecule has 0 aromatic heterocycles. The maximum Gasteiger partial charge on any atom is 0.0158 e. The van der Waals surface area contributed by atoms with Gasteiger partial charge in [0.2, 0.25) is 0 Å². The molecule has 0 saturated carbocycles. The van der Waals surface area contributed by atoms with Gasteiger partial charge in [0.1, 0.15) is 0 Å². The number of terminal acetylenes is 1. The third kappa shape index (κ3) is 4.04. The van der Waals surface area contributed by atoms with Crippen LogP contribution in [0.1, 0.15) is 38.2 Å². The van der Waals surface area contributed by atoms with Gasteiger partial charge in [-0.1, -0.05) is 42.0 Å². The topological polar surface area (TPSA) is 0 Å². The van der Waals surface area contributed by atoms with Crippen molar-refractivity contribution in [3.63, 3.8) is 0 Å². The molecule has 1 atom stereocenters. The number of hydrogen-bond donors (Lipinski definition) is 0. The largest absolute Gasteiger partial charge is 0.120 e. The van der Waals surface area contributed by atoms with E-state index in [0.29, 0.717) is 5.92 Å². The van der Waals surface area contributed by atoms with Crippen LogP contribution in [0.25, 0.3) is 0 Å². The molecule has 1 unspecified atom stereocenters. The van der Waals surface area contributed by atoms with Crippen molar-refractivity contribution in [2.45, 2.75) is 32.6 Å². The average molecular weight is 198 g/mol. The van der Waals surface area contributed by atoms with Crippen molar-refractivity contribution < 1.29 is 0 Å². The van der Waals surface area contributed by atoms with Crippen molar-refractivity contribution in [2.75, 3.05) is 0 Å². The van der Waals surface area contributed by atoms with E-state index in [4.69, 9.17) is 6.42 Å². The number of benzene rings is 1. The standard InChI is InChI=1S/C15H18/c1-4-8-14(12-11-13(2)3)15-9-6-5-7-10-15/h1,5-7,9-11,14H,8,12H2,2-3H3. The maximum absolute atomic E-state index is 5.40. The van der Waals surface area contributed by atoms with Crippen LogP contribution in [0.15, 0.2) is 42.0 Å². The lowest BCUT2D eigenvalue weighted by atomic mass is 9.92. The van der Waals surface area contributed by atoms with Crippen LogP contribution in [0.3, 0.4) is 0 Å². The van der Waals surface area contributed by atoms with Crippen LogP contribution in [-0.2, 0) is 0 Å². The van der Waals surface area contributed by atoms with Crippen LogP contribution in [0.4, 0.5) is 0 Å². The number of rotatable bonds is 4. The molecule has 0 fully saturated rings. The van der Waals surface area contributed by atoms with Crippen LogP contribution >= 0.6 is 0 Å². The molecule has 0 aliphatic carbocycles. The first-order valence-electron chi connectivity index (χ1n) is 5.36. The second-order valence-corrected chi connectivity index (χ2v) is 4.03. The molecule has 0 N–H and O–H groups in total. The summed E-state index contributed by atoms with van der Waals surface area (Å²) in [5.74, 6) is 3.22. The lowest BCUT2D eigenvalue weighted by Gasteiger charge is -2.12. The zero-order chi connectivity index (χ0) is 11.1. The molecule has 1 aromatic rings. The normalized spacial score (nSPS) is 11.5. The summed E-state index contributed by atoms with van der Waals surface area (Å²) in [6.45, 7) is 4.25. The van der Waals surface area contributed by atoms with Gasteiger partial charge < -0.3 is 0 Å². The van der Waals surface area contributed by atoms with E-state index in [2.05, 4.69) is 50.1 Å². The van der Waals surface area contributed by atoms with Crippen LogP contribution in [0.2, 0.25) is 0 Å². The second-order valence-electron chi connectivity index (χ2n) is 4.03. The lowest BCUT2D eigenvalue weighted by molar-refractivity contribution is 0.721. The molecular weight excluding hydrogens is 180 g/mol. The van der Waals surface area contributed by atoms with Gasteiger partial charge in [0.05, 0.1) is 0 Å². The third-order valence-electron chi connectivity index (χ3n) is 2.45. The molecule has 0 nitrogen and oxygen atoms in total. The quantitative estimate of drug-likeness (QED) is 0.503. The van der Waals surface area contributed by atoms with E-state index < -0.39 is 0 Å². The molecule has 1 rings (SSSR count). The fourth-order valence-corrected chi connectivity index (χ4v) is 1.58. The summed E-state index contributed by atoms with van der Waals surface area (Å²) in [4.78, 5) is 0. The third-order valence-corrected chi connectivity index (χ3v) is 2.45. The highest BCUT2D eigenvalue weighted by molar-refractivity contribution is 5.22. The Morgan fingerprint density at radius 1 is 1.33 bits per heavy atom. The molecule has 0 bridgehead atoms. The molecule has 0 aliphatic heterocycles. The molecule has 0 amide bonds. The van der Waals surface area contributed by atoms with Crippen molar-refractivity contribution in [3.05, 3.63) is 47.5 Å². The molecule has 0 aliphatic rings. The van der Waals surface area contributed by atoms with Crippen molar-refractivity contribution in [1.82, 2.24) is 0 Å². The maximum atomic E-state index is 5.40. The van der Waals surface area contributed by atoms with Crippen molar-refractivity contribution >= 4 is 0 Å². The van der Waals surface area contributed by atoms with Gasteiger partial charge in [0.25, 0.3) is 0 Å². The van der Waals surface area contributed by atoms with E-state index in [-0.39, 0.29) is 0 Å². The van der Waals surface area contributed by atoms with E-state index in [1.54, 1.807) is 0 Å². The number of hydrogen-bond acceptors (Lipinski definition) is 0. The molecule has 0 heterocycles. The molecular formula is C15H18. The molecule has 0 spiro atoms. The van der Waals surface area contributed by atoms with Crippen molar-refractivity contribution in [2.24, 2.45) is 0 Å². The summed E-state index contributed by atoms with van der Waals surface area (Å²) in [5.41, 5.74) is 2.70. The van der Waals surface area contributed by atoms with Crippen molar-refractivity contribution in [3.8, 4) is 12.3 Å². The Labute approximate surface area is 93.0 Å².